The van der Waals surface area contributed by atoms with E-state index in [1.54, 1.807) is 0 Å². The zero-order valence-electron chi connectivity index (χ0n) is 82.7. The van der Waals surface area contributed by atoms with Gasteiger partial charge in [-0.1, -0.05) is 370 Å². The Morgan fingerprint density at radius 2 is 0.554 bits per heavy atom. The Hall–Kier alpha value is -18.2. The second kappa shape index (κ2) is 49.7. The number of ether oxygens (including phenoxy) is 14. The normalized spacial score (nSPS) is 12.1. The first-order valence-electron chi connectivity index (χ1n) is 49.6. The summed E-state index contributed by atoms with van der Waals surface area (Å²) in [5, 5.41) is 0.321. The van der Waals surface area contributed by atoms with Gasteiger partial charge in [0, 0.05) is 28.7 Å². The topological polar surface area (TPSA) is 159 Å². The van der Waals surface area contributed by atoms with Crippen molar-refractivity contribution in [3.63, 3.8) is 0 Å². The van der Waals surface area contributed by atoms with E-state index >= 15 is 0 Å². The van der Waals surface area contributed by atoms with Crippen LogP contribution in [0.2, 0.25) is 0 Å². The van der Waals surface area contributed by atoms with E-state index in [0.29, 0.717) is 147 Å². The van der Waals surface area contributed by atoms with Crippen LogP contribution in [0.5, 0.6) is 69.0 Å². The third kappa shape index (κ3) is 26.8. The maximum atomic E-state index is 14.5. The number of fused-ring (bicyclic) bond motifs is 3. The lowest BCUT2D eigenvalue weighted by molar-refractivity contribution is 0.106. The molecule has 0 aliphatic carbocycles. The van der Waals surface area contributed by atoms with Crippen molar-refractivity contribution < 1.29 is 70.7 Å². The lowest BCUT2D eigenvalue weighted by Crippen LogP contribution is -2.18. The molecule has 18 aromatic carbocycles. The van der Waals surface area contributed by atoms with Gasteiger partial charge < -0.3 is 70.7 Å². The van der Waals surface area contributed by atoms with Crippen molar-refractivity contribution in [2.75, 3.05) is 0 Å². The first-order valence-corrected chi connectivity index (χ1v) is 49.6. The zero-order valence-corrected chi connectivity index (χ0v) is 82.7. The Balaban J connectivity index is 0.000000140. The molecule has 0 amide bonds. The van der Waals surface area contributed by atoms with Crippen LogP contribution in [0.25, 0.3) is 34.1 Å². The highest BCUT2D eigenvalue weighted by Gasteiger charge is 2.33. The second-order valence-electron chi connectivity index (χ2n) is 36.0. The van der Waals surface area contributed by atoms with Gasteiger partial charge in [-0.05, 0) is 195 Å². The molecule has 0 spiro atoms. The third-order valence-corrected chi connectivity index (χ3v) is 24.8. The second-order valence-corrected chi connectivity index (χ2v) is 36.0. The summed E-state index contributed by atoms with van der Waals surface area (Å²) in [6, 6.07) is 150. The predicted octanol–water partition coefficient (Wildman–Crippen LogP) is 30.8. The average Bonchev–Trinajstić information content (AvgIpc) is 0.753. The van der Waals surface area contributed by atoms with Crippen LogP contribution in [-0.2, 0) is 95.2 Å². The molecule has 16 nitrogen and oxygen atoms in total. The van der Waals surface area contributed by atoms with E-state index in [9.17, 15) is 4.79 Å². The molecule has 1 unspecified atom stereocenters. The largest absolute Gasteiger partial charge is 0.489 e. The van der Waals surface area contributed by atoms with E-state index in [1.165, 1.54) is 0 Å². The van der Waals surface area contributed by atoms with E-state index in [1.807, 2.05) is 408 Å². The van der Waals surface area contributed by atoms with Crippen molar-refractivity contribution in [3.8, 4) is 80.3 Å². The standard InChI is InChI=1S/C44H36O6.2C44H38O5/c1-31-24-39(48-29-34-18-10-4-11-19-34)41-40(25-31)50-43(44(42(41)45)49-30-35-20-12-5-13-21-35)36-22-23-37(46-27-32-14-6-2-7-15-32)38(26-36)47-28-33-16-8-3-9-17-33;2*1-32-24-40(46-29-34-16-8-3-9-17-34)38-27-43(48-31-36-20-12-5-13-21-36)44(49-41(38)25-32)37-22-23-39(45-28-33-14-6-2-7-15-33)42(26-37)47-30-35-18-10-4-11-19-35/h2-26H,27-30H2,1H3;2-26H,27-31H2,1H3;2-27,44H,28-31H2,1H3. The maximum Gasteiger partial charge on any atom is 0.239 e. The SMILES string of the molecule is Cc1cc(OCc2ccccc2)c2c(=O)c(OCc3ccccc3)c(-c3ccc(OCc4ccccc4)c(OCc4ccccc4)c3)oc2c1.Cc1cc(OCc2ccccc2)c2c(c1)OC(c1ccc(OCc3ccccc3)c(OCc3ccccc3)c1)=C(OCc1ccccc1)C2.Cc1cc(OCc2ccccc2)c2c(c1)OC(c1ccc(OCc3ccccc3)c(OCc3ccccc3)c1)C(OCc1ccccc1)=C2. The first-order chi connectivity index (χ1) is 73.0. The summed E-state index contributed by atoms with van der Waals surface area (Å²) in [5.41, 5.74) is 19.7. The molecule has 2 aliphatic heterocycles. The highest BCUT2D eigenvalue weighted by Crippen LogP contribution is 2.48. The number of aryl methyl sites for hydroxylation is 3. The molecular formula is C132H112O16. The minimum absolute atomic E-state index is 0.0849. The molecule has 736 valence electrons. The number of hydrogen-bond donors (Lipinski definition) is 0. The number of allylic oxidation sites excluding steroid dienone is 1. The van der Waals surface area contributed by atoms with Gasteiger partial charge >= 0.3 is 0 Å². The summed E-state index contributed by atoms with van der Waals surface area (Å²) in [6.07, 6.45) is 2.03. The van der Waals surface area contributed by atoms with Crippen molar-refractivity contribution in [2.24, 2.45) is 0 Å². The van der Waals surface area contributed by atoms with Crippen LogP contribution < -0.4 is 62.3 Å². The minimum atomic E-state index is -0.526. The lowest BCUT2D eigenvalue weighted by atomic mass is 9.99. The van der Waals surface area contributed by atoms with E-state index in [4.69, 9.17) is 70.7 Å². The van der Waals surface area contributed by atoms with Gasteiger partial charge in [0.05, 0.1) is 5.56 Å². The predicted molar refractivity (Wildman–Crippen MR) is 581 cm³/mol. The van der Waals surface area contributed by atoms with Crippen LogP contribution in [0.4, 0.5) is 0 Å². The van der Waals surface area contributed by atoms with Crippen LogP contribution >= 0.6 is 0 Å². The molecular weight excluding hydrogens is 1840 g/mol. The molecule has 0 N–H and O–H groups in total. The van der Waals surface area contributed by atoms with Crippen molar-refractivity contribution in [1.82, 2.24) is 0 Å². The van der Waals surface area contributed by atoms with E-state index < -0.39 is 6.10 Å². The number of rotatable bonds is 39. The average molecular weight is 1950 g/mol. The van der Waals surface area contributed by atoms with Crippen LogP contribution in [0.15, 0.2) is 476 Å². The lowest BCUT2D eigenvalue weighted by Gasteiger charge is -2.29. The van der Waals surface area contributed by atoms with E-state index in [2.05, 4.69) is 73.7 Å². The summed E-state index contributed by atoms with van der Waals surface area (Å²) in [7, 11) is 0. The smallest absolute Gasteiger partial charge is 0.239 e. The van der Waals surface area contributed by atoms with Crippen LogP contribution in [0, 0.1) is 20.8 Å². The van der Waals surface area contributed by atoms with Gasteiger partial charge in [-0.15, -0.1) is 0 Å². The number of hydrogen-bond acceptors (Lipinski definition) is 16. The van der Waals surface area contributed by atoms with Gasteiger partial charge in [0.15, 0.2) is 52.1 Å². The summed E-state index contributed by atoms with van der Waals surface area (Å²) in [6.45, 7) is 10.5. The van der Waals surface area contributed by atoms with Crippen molar-refractivity contribution >= 4 is 22.8 Å². The van der Waals surface area contributed by atoms with Gasteiger partial charge in [0.25, 0.3) is 0 Å². The first kappa shape index (κ1) is 98.6. The molecule has 0 saturated heterocycles. The molecule has 1 atom stereocenters. The Morgan fingerprint density at radius 3 is 0.953 bits per heavy atom. The van der Waals surface area contributed by atoms with Gasteiger partial charge in [-0.3, -0.25) is 4.79 Å². The Kier molecular flexibility index (Phi) is 33.1. The summed E-state index contributed by atoms with van der Waals surface area (Å²) in [5.74, 6) is 9.50. The van der Waals surface area contributed by atoms with Crippen molar-refractivity contribution in [3.05, 3.63) is 582 Å². The molecule has 0 radical (unpaired) electrons. The van der Waals surface area contributed by atoms with E-state index in [-0.39, 0.29) is 23.5 Å². The highest BCUT2D eigenvalue weighted by molar-refractivity contribution is 5.88. The van der Waals surface area contributed by atoms with Crippen LogP contribution in [0.3, 0.4) is 0 Å². The van der Waals surface area contributed by atoms with Gasteiger partial charge in [0.1, 0.15) is 131 Å². The van der Waals surface area contributed by atoms with E-state index in [0.717, 1.165) is 134 Å². The fourth-order valence-corrected chi connectivity index (χ4v) is 17.1. The fourth-order valence-electron chi connectivity index (χ4n) is 17.1. The molecule has 3 heterocycles. The molecule has 1 aromatic heterocycles. The molecule has 2 aliphatic rings. The molecule has 0 saturated carbocycles. The number of benzene rings is 18. The van der Waals surface area contributed by atoms with Crippen molar-refractivity contribution in [2.45, 2.75) is 113 Å². The summed E-state index contributed by atoms with van der Waals surface area (Å²) >= 11 is 0. The highest BCUT2D eigenvalue weighted by atomic mass is 16.6. The molecule has 0 bridgehead atoms. The van der Waals surface area contributed by atoms with Crippen LogP contribution in [0.1, 0.15) is 112 Å². The Morgan fingerprint density at radius 1 is 0.257 bits per heavy atom. The van der Waals surface area contributed by atoms with Gasteiger partial charge in [-0.2, -0.15) is 0 Å². The third-order valence-electron chi connectivity index (χ3n) is 24.8. The Bertz CT molecular complexity index is 7680. The molecule has 19 aromatic rings. The minimum Gasteiger partial charge on any atom is -0.489 e. The summed E-state index contributed by atoms with van der Waals surface area (Å²) in [4.78, 5) is 14.5. The van der Waals surface area contributed by atoms with Crippen molar-refractivity contribution in [1.29, 1.82) is 0 Å². The fraction of sp³-hybridized carbons (Fsp3) is 0.129. The van der Waals surface area contributed by atoms with Crippen LogP contribution in [-0.4, -0.2) is 0 Å². The molecule has 0 fully saturated rings. The molecule has 148 heavy (non-hydrogen) atoms. The molecule has 21 rings (SSSR count). The van der Waals surface area contributed by atoms with Gasteiger partial charge in [0.2, 0.25) is 11.2 Å². The Labute approximate surface area is 863 Å². The van der Waals surface area contributed by atoms with Gasteiger partial charge in [-0.25, -0.2) is 0 Å². The monoisotopic (exact) mass is 1950 g/mol. The molecule has 16 heteroatoms. The zero-order chi connectivity index (χ0) is 101. The quantitative estimate of drug-likeness (QED) is 0.0358. The maximum absolute atomic E-state index is 14.5. The summed E-state index contributed by atoms with van der Waals surface area (Å²) < 4.78 is 96.8.